The van der Waals surface area contributed by atoms with Crippen molar-refractivity contribution in [3.63, 3.8) is 0 Å². The number of amides is 1. The van der Waals surface area contributed by atoms with Crippen molar-refractivity contribution in [3.05, 3.63) is 29.3 Å². The Kier molecular flexibility index (Phi) is 6.89. The monoisotopic (exact) mass is 374 g/mol. The number of carbonyl (C=O) groups is 1. The summed E-state index contributed by atoms with van der Waals surface area (Å²) in [7, 11) is -3.44. The van der Waals surface area contributed by atoms with Gasteiger partial charge in [-0.05, 0) is 37.5 Å². The zero-order valence-electron chi connectivity index (χ0n) is 13.7. The average Bonchev–Trinajstić information content (AvgIpc) is 3.01. The minimum atomic E-state index is -3.44. The van der Waals surface area contributed by atoms with E-state index in [1.165, 1.54) is 4.31 Å². The number of anilines is 1. The van der Waals surface area contributed by atoms with E-state index in [2.05, 4.69) is 5.32 Å². The highest BCUT2D eigenvalue weighted by atomic mass is 35.5. The molecule has 0 spiro atoms. The maximum Gasteiger partial charge on any atom is 0.232 e. The smallest absolute Gasteiger partial charge is 0.232 e. The Hall–Kier alpha value is -1.31. The molecule has 0 bridgehead atoms. The van der Waals surface area contributed by atoms with E-state index < -0.39 is 10.0 Å². The zero-order chi connectivity index (χ0) is 17.6. The molecule has 0 aromatic heterocycles. The fourth-order valence-corrected chi connectivity index (χ4v) is 3.76. The van der Waals surface area contributed by atoms with Crippen LogP contribution in [0.4, 0.5) is 5.69 Å². The van der Waals surface area contributed by atoms with Crippen molar-refractivity contribution < 1.29 is 17.9 Å². The van der Waals surface area contributed by atoms with Crippen LogP contribution < -0.4 is 9.62 Å². The molecule has 1 heterocycles. The summed E-state index contributed by atoms with van der Waals surface area (Å²) in [4.78, 5) is 11.9. The quantitative estimate of drug-likeness (QED) is 0.756. The lowest BCUT2D eigenvalue weighted by Gasteiger charge is -2.22. The Morgan fingerprint density at radius 2 is 2.25 bits per heavy atom. The molecule has 24 heavy (non-hydrogen) atoms. The average molecular weight is 375 g/mol. The maximum absolute atomic E-state index is 12.0. The van der Waals surface area contributed by atoms with E-state index in [0.29, 0.717) is 23.7 Å². The Bertz CT molecular complexity index is 660. The third kappa shape index (κ3) is 5.96. The van der Waals surface area contributed by atoms with E-state index in [-0.39, 0.29) is 25.0 Å². The van der Waals surface area contributed by atoms with E-state index in [1.807, 2.05) is 0 Å². The molecule has 1 aromatic carbocycles. The van der Waals surface area contributed by atoms with E-state index in [9.17, 15) is 13.2 Å². The Balaban J connectivity index is 1.83. The second-order valence-electron chi connectivity index (χ2n) is 5.86. The summed E-state index contributed by atoms with van der Waals surface area (Å²) in [6.45, 7) is 1.50. The van der Waals surface area contributed by atoms with E-state index in [4.69, 9.17) is 16.3 Å². The first kappa shape index (κ1) is 19.0. The van der Waals surface area contributed by atoms with Crippen LogP contribution >= 0.6 is 11.6 Å². The van der Waals surface area contributed by atoms with Gasteiger partial charge in [-0.1, -0.05) is 17.7 Å². The number of benzene rings is 1. The molecule has 1 fully saturated rings. The number of ether oxygens (including phenoxy) is 1. The maximum atomic E-state index is 12.0. The van der Waals surface area contributed by atoms with Crippen LogP contribution in [0.5, 0.6) is 0 Å². The molecule has 8 heteroatoms. The summed E-state index contributed by atoms with van der Waals surface area (Å²) in [5, 5.41) is 3.30. The molecule has 2 rings (SSSR count). The highest BCUT2D eigenvalue weighted by molar-refractivity contribution is 7.92. The molecule has 134 valence electrons. The van der Waals surface area contributed by atoms with Gasteiger partial charge in [-0.15, -0.1) is 0 Å². The standard InChI is InChI=1S/C16H23ClN2O4S/c1-24(21,22)19(14-6-2-5-13(17)11-14)9-3-8-16(20)18-12-15-7-4-10-23-15/h2,5-6,11,15H,3-4,7-10,12H2,1H3,(H,18,20)/t15-/m1/s1. The Morgan fingerprint density at radius 1 is 1.46 bits per heavy atom. The van der Waals surface area contributed by atoms with Gasteiger partial charge in [0, 0.05) is 31.1 Å². The number of carbonyl (C=O) groups excluding carboxylic acids is 1. The van der Waals surface area contributed by atoms with Crippen molar-refractivity contribution in [3.8, 4) is 0 Å². The molecule has 1 aromatic rings. The fourth-order valence-electron chi connectivity index (χ4n) is 2.62. The minimum absolute atomic E-state index is 0.0926. The van der Waals surface area contributed by atoms with Gasteiger partial charge in [-0.25, -0.2) is 8.42 Å². The first-order chi connectivity index (χ1) is 11.4. The summed E-state index contributed by atoms with van der Waals surface area (Å²) in [6, 6.07) is 6.67. The molecule has 0 radical (unpaired) electrons. The van der Waals surface area contributed by atoms with Gasteiger partial charge in [0.15, 0.2) is 0 Å². The molecule has 1 atom stereocenters. The SMILES string of the molecule is CS(=O)(=O)N(CCCC(=O)NC[C@H]1CCCO1)c1cccc(Cl)c1. The fraction of sp³-hybridized carbons (Fsp3) is 0.562. The van der Waals surface area contributed by atoms with Gasteiger partial charge in [-0.2, -0.15) is 0 Å². The van der Waals surface area contributed by atoms with Crippen LogP contribution in [0.15, 0.2) is 24.3 Å². The van der Waals surface area contributed by atoms with Crippen molar-refractivity contribution in [2.75, 3.05) is 30.3 Å². The minimum Gasteiger partial charge on any atom is -0.376 e. The predicted molar refractivity (Wildman–Crippen MR) is 94.9 cm³/mol. The van der Waals surface area contributed by atoms with Gasteiger partial charge in [0.1, 0.15) is 0 Å². The van der Waals surface area contributed by atoms with Crippen molar-refractivity contribution in [2.24, 2.45) is 0 Å². The number of rotatable bonds is 8. The van der Waals surface area contributed by atoms with Gasteiger partial charge >= 0.3 is 0 Å². The number of sulfonamides is 1. The number of hydrogen-bond acceptors (Lipinski definition) is 4. The van der Waals surface area contributed by atoms with Crippen molar-refractivity contribution in [1.29, 1.82) is 0 Å². The molecular weight excluding hydrogens is 352 g/mol. The molecule has 0 unspecified atom stereocenters. The highest BCUT2D eigenvalue weighted by Gasteiger charge is 2.19. The molecule has 1 saturated heterocycles. The van der Waals surface area contributed by atoms with Crippen LogP contribution in [0.2, 0.25) is 5.02 Å². The van der Waals surface area contributed by atoms with Gasteiger partial charge in [0.2, 0.25) is 15.9 Å². The lowest BCUT2D eigenvalue weighted by Crippen LogP contribution is -2.34. The molecule has 0 aliphatic carbocycles. The van der Waals surface area contributed by atoms with Crippen LogP contribution in [0.1, 0.15) is 25.7 Å². The van der Waals surface area contributed by atoms with Crippen LogP contribution in [0.25, 0.3) is 0 Å². The first-order valence-corrected chi connectivity index (χ1v) is 10.2. The van der Waals surface area contributed by atoms with Crippen LogP contribution in [-0.4, -0.2) is 46.4 Å². The molecular formula is C16H23ClN2O4S. The number of nitrogens with one attached hydrogen (secondary N) is 1. The second-order valence-corrected chi connectivity index (χ2v) is 8.20. The zero-order valence-corrected chi connectivity index (χ0v) is 15.3. The molecule has 1 amide bonds. The highest BCUT2D eigenvalue weighted by Crippen LogP contribution is 2.22. The summed E-state index contributed by atoms with van der Waals surface area (Å²) >= 11 is 5.93. The summed E-state index contributed by atoms with van der Waals surface area (Å²) < 4.78 is 30.7. The second kappa shape index (κ2) is 8.69. The number of halogens is 1. The number of nitrogens with zero attached hydrogens (tertiary/aromatic N) is 1. The van der Waals surface area contributed by atoms with Crippen molar-refractivity contribution in [1.82, 2.24) is 5.32 Å². The number of hydrogen-bond donors (Lipinski definition) is 1. The van der Waals surface area contributed by atoms with Gasteiger partial charge in [-0.3, -0.25) is 9.10 Å². The molecule has 1 aliphatic heterocycles. The lowest BCUT2D eigenvalue weighted by molar-refractivity contribution is -0.121. The molecule has 6 nitrogen and oxygen atoms in total. The molecule has 1 N–H and O–H groups in total. The summed E-state index contributed by atoms with van der Waals surface area (Å²) in [5.41, 5.74) is 0.504. The third-order valence-electron chi connectivity index (χ3n) is 3.81. The van der Waals surface area contributed by atoms with Crippen molar-refractivity contribution >= 4 is 33.2 Å². The Morgan fingerprint density at radius 3 is 2.88 bits per heavy atom. The largest absolute Gasteiger partial charge is 0.376 e. The normalized spacial score (nSPS) is 17.7. The van der Waals surface area contributed by atoms with E-state index >= 15 is 0 Å². The summed E-state index contributed by atoms with van der Waals surface area (Å²) in [5.74, 6) is -0.0926. The topological polar surface area (TPSA) is 75.7 Å². The van der Waals surface area contributed by atoms with Gasteiger partial charge in [0.05, 0.1) is 18.0 Å². The van der Waals surface area contributed by atoms with Crippen LogP contribution in [0.3, 0.4) is 0 Å². The summed E-state index contributed by atoms with van der Waals surface area (Å²) in [6.07, 6.45) is 3.94. The van der Waals surface area contributed by atoms with Crippen LogP contribution in [-0.2, 0) is 19.6 Å². The Labute approximate surface area is 148 Å². The van der Waals surface area contributed by atoms with E-state index in [1.54, 1.807) is 24.3 Å². The third-order valence-corrected chi connectivity index (χ3v) is 5.24. The van der Waals surface area contributed by atoms with E-state index in [0.717, 1.165) is 25.7 Å². The lowest BCUT2D eigenvalue weighted by atomic mass is 10.2. The van der Waals surface area contributed by atoms with Gasteiger partial charge < -0.3 is 10.1 Å². The predicted octanol–water partition coefficient (Wildman–Crippen LogP) is 2.18. The van der Waals surface area contributed by atoms with Gasteiger partial charge in [0.25, 0.3) is 0 Å². The van der Waals surface area contributed by atoms with Crippen molar-refractivity contribution in [2.45, 2.75) is 31.8 Å². The molecule has 0 saturated carbocycles. The van der Waals surface area contributed by atoms with Crippen LogP contribution in [0, 0.1) is 0 Å². The first-order valence-electron chi connectivity index (χ1n) is 7.98. The molecule has 1 aliphatic rings.